The molecule has 2 aromatic carbocycles. The van der Waals surface area contributed by atoms with Crippen LogP contribution in [0.25, 0.3) is 0 Å². The van der Waals surface area contributed by atoms with Gasteiger partial charge >= 0.3 is 0 Å². The molecule has 0 unspecified atom stereocenters. The fourth-order valence-corrected chi connectivity index (χ4v) is 5.29. The Morgan fingerprint density at radius 2 is 0.864 bits per heavy atom. The molecule has 0 atom stereocenters. The van der Waals surface area contributed by atoms with E-state index in [9.17, 15) is 16.8 Å². The van der Waals surface area contributed by atoms with Gasteiger partial charge < -0.3 is 0 Å². The molecular weight excluding hydrogens is 367 g/mol. The summed E-state index contributed by atoms with van der Waals surface area (Å²) < 4.78 is 47.4. The molecule has 0 aromatic heterocycles. The molecule has 0 spiro atoms. The van der Waals surface area contributed by atoms with Crippen molar-refractivity contribution in [3.8, 4) is 0 Å². The minimum atomic E-state index is -4.20. The summed E-state index contributed by atoms with van der Waals surface area (Å²) in [6.45, 7) is 0. The van der Waals surface area contributed by atoms with E-state index in [2.05, 4.69) is 0 Å². The highest BCUT2D eigenvalue weighted by Crippen LogP contribution is 2.32. The first-order valence-electron chi connectivity index (χ1n) is 5.93. The van der Waals surface area contributed by atoms with Crippen molar-refractivity contribution >= 4 is 42.9 Å². The zero-order valence-corrected chi connectivity index (χ0v) is 14.1. The first-order valence-corrected chi connectivity index (χ1v) is 9.65. The molecule has 8 heteroatoms. The summed E-state index contributed by atoms with van der Waals surface area (Å²) in [5, 5.41) is 0. The summed E-state index contributed by atoms with van der Waals surface area (Å²) in [6, 6.07) is 14.4. The number of rotatable bonds is 4. The van der Waals surface area contributed by atoms with Crippen LogP contribution in [0, 0.1) is 0 Å². The van der Waals surface area contributed by atoms with Crippen LogP contribution in [0.1, 0.15) is 0 Å². The van der Waals surface area contributed by atoms with E-state index in [0.717, 1.165) is 0 Å². The van der Waals surface area contributed by atoms with Gasteiger partial charge in [-0.05, 0) is 24.3 Å². The van der Waals surface area contributed by atoms with Crippen LogP contribution in [0.15, 0.2) is 79.2 Å². The van der Waals surface area contributed by atoms with Crippen molar-refractivity contribution in [2.24, 2.45) is 0 Å². The zero-order valence-electron chi connectivity index (χ0n) is 11.0. The van der Waals surface area contributed by atoms with Crippen molar-refractivity contribution < 1.29 is 16.8 Å². The van der Waals surface area contributed by atoms with E-state index in [-0.39, 0.29) is 9.79 Å². The van der Waals surface area contributed by atoms with Gasteiger partial charge in [0.2, 0.25) is 19.7 Å². The molecule has 2 rings (SSSR count). The third kappa shape index (κ3) is 3.20. The van der Waals surface area contributed by atoms with Crippen molar-refractivity contribution in [3.63, 3.8) is 0 Å². The fraction of sp³-hybridized carbons (Fsp3) is 0. The third-order valence-electron chi connectivity index (χ3n) is 2.73. The van der Waals surface area contributed by atoms with Crippen LogP contribution < -0.4 is 0 Å². The van der Waals surface area contributed by atoms with Crippen LogP contribution in [0.3, 0.4) is 0 Å². The molecule has 0 heterocycles. The first kappa shape index (κ1) is 17.0. The minimum Gasteiger partial charge on any atom is -0.218 e. The molecule has 0 saturated carbocycles. The zero-order chi connectivity index (χ0) is 16.4. The van der Waals surface area contributed by atoms with Gasteiger partial charge in [-0.15, -0.1) is 0 Å². The van der Waals surface area contributed by atoms with Crippen LogP contribution in [-0.4, -0.2) is 16.8 Å². The monoisotopic (exact) mass is 376 g/mol. The smallest absolute Gasteiger partial charge is 0.218 e. The Bertz CT molecular complexity index is 826. The topological polar surface area (TPSA) is 68.3 Å². The number of hydrogen-bond donors (Lipinski definition) is 0. The average molecular weight is 377 g/mol. The molecule has 2 aromatic rings. The first-order chi connectivity index (χ1) is 10.3. The van der Waals surface area contributed by atoms with Gasteiger partial charge in [-0.3, -0.25) is 0 Å². The van der Waals surface area contributed by atoms with E-state index < -0.39 is 28.4 Å². The summed E-state index contributed by atoms with van der Waals surface area (Å²) in [5.41, 5.74) is 0. The molecule has 0 bridgehead atoms. The lowest BCUT2D eigenvalue weighted by atomic mass is 10.4. The lowest BCUT2D eigenvalue weighted by molar-refractivity contribution is 0.599. The van der Waals surface area contributed by atoms with Crippen LogP contribution in [-0.2, 0) is 19.7 Å². The van der Waals surface area contributed by atoms with Gasteiger partial charge in [0.1, 0.15) is 0 Å². The Hall–Kier alpha value is -1.34. The average Bonchev–Trinajstić information content (AvgIpc) is 2.55. The quantitative estimate of drug-likeness (QED) is 0.817. The van der Waals surface area contributed by atoms with Gasteiger partial charge in [0, 0.05) is 0 Å². The van der Waals surface area contributed by atoms with Crippen LogP contribution in [0.4, 0.5) is 0 Å². The number of sulfone groups is 2. The number of benzene rings is 2. The van der Waals surface area contributed by atoms with E-state index in [1.165, 1.54) is 48.5 Å². The van der Waals surface area contributed by atoms with Gasteiger partial charge in [0.25, 0.3) is 0 Å². The molecule has 0 N–H and O–H groups in total. The Labute approximate surface area is 138 Å². The van der Waals surface area contributed by atoms with Gasteiger partial charge in [0.15, 0.2) is 8.73 Å². The highest BCUT2D eigenvalue weighted by atomic mass is 35.5. The summed E-state index contributed by atoms with van der Waals surface area (Å²) in [6.07, 6.45) is 0. The molecule has 0 radical (unpaired) electrons. The summed E-state index contributed by atoms with van der Waals surface area (Å²) in [4.78, 5) is -0.275. The SMILES string of the molecule is O=S(=O)(/C(Cl)=C(\Cl)S(=O)(=O)c1ccccc1)c1ccccc1. The number of hydrogen-bond acceptors (Lipinski definition) is 4. The predicted molar refractivity (Wildman–Crippen MR) is 86.0 cm³/mol. The summed E-state index contributed by atoms with van der Waals surface area (Å²) >= 11 is 11.5. The number of halogens is 2. The van der Waals surface area contributed by atoms with Crippen LogP contribution in [0.5, 0.6) is 0 Å². The van der Waals surface area contributed by atoms with Gasteiger partial charge in [0.05, 0.1) is 9.79 Å². The normalized spacial score (nSPS) is 13.5. The van der Waals surface area contributed by atoms with Crippen molar-refractivity contribution in [2.75, 3.05) is 0 Å². The molecule has 0 fully saturated rings. The molecular formula is C14H10Cl2O4S2. The molecule has 0 saturated heterocycles. The maximum atomic E-state index is 12.3. The highest BCUT2D eigenvalue weighted by molar-refractivity contribution is 8.01. The second-order valence-electron chi connectivity index (χ2n) is 4.18. The van der Waals surface area contributed by atoms with Crippen molar-refractivity contribution in [3.05, 3.63) is 69.4 Å². The van der Waals surface area contributed by atoms with E-state index in [1.807, 2.05) is 0 Å². The summed E-state index contributed by atoms with van der Waals surface area (Å²) in [7, 11) is -8.39. The maximum absolute atomic E-state index is 12.3. The van der Waals surface area contributed by atoms with Gasteiger partial charge in [-0.2, -0.15) is 0 Å². The fourth-order valence-electron chi connectivity index (χ4n) is 1.62. The van der Waals surface area contributed by atoms with Crippen LogP contribution in [0.2, 0.25) is 0 Å². The lowest BCUT2D eigenvalue weighted by Crippen LogP contribution is -2.08. The Kier molecular flexibility index (Phi) is 4.97. The van der Waals surface area contributed by atoms with E-state index >= 15 is 0 Å². The maximum Gasteiger partial charge on any atom is 0.219 e. The predicted octanol–water partition coefficient (Wildman–Crippen LogP) is 3.54. The molecule has 4 nitrogen and oxygen atoms in total. The third-order valence-corrected chi connectivity index (χ3v) is 7.92. The van der Waals surface area contributed by atoms with Crippen molar-refractivity contribution in [1.29, 1.82) is 0 Å². The molecule has 116 valence electrons. The van der Waals surface area contributed by atoms with Crippen molar-refractivity contribution in [1.82, 2.24) is 0 Å². The second kappa shape index (κ2) is 6.42. The van der Waals surface area contributed by atoms with Crippen LogP contribution >= 0.6 is 23.2 Å². The van der Waals surface area contributed by atoms with E-state index in [0.29, 0.717) is 0 Å². The van der Waals surface area contributed by atoms with Crippen molar-refractivity contribution in [2.45, 2.75) is 9.79 Å². The van der Waals surface area contributed by atoms with Gasteiger partial charge in [-0.25, -0.2) is 16.8 Å². The molecule has 0 aliphatic carbocycles. The van der Waals surface area contributed by atoms with E-state index in [1.54, 1.807) is 12.1 Å². The molecule has 22 heavy (non-hydrogen) atoms. The molecule has 0 aliphatic heterocycles. The summed E-state index contributed by atoms with van der Waals surface area (Å²) in [5.74, 6) is 0. The highest BCUT2D eigenvalue weighted by Gasteiger charge is 2.30. The Morgan fingerprint density at radius 1 is 0.591 bits per heavy atom. The molecule has 0 aliphatic rings. The van der Waals surface area contributed by atoms with Gasteiger partial charge in [-0.1, -0.05) is 59.6 Å². The standard InChI is InChI=1S/C14H10Cl2O4S2/c15-13(21(17,18)11-7-3-1-4-8-11)14(16)22(19,20)12-9-5-2-6-10-12/h1-10H/b14-13+. The lowest BCUT2D eigenvalue weighted by Gasteiger charge is -2.07. The Morgan fingerprint density at radius 3 is 1.14 bits per heavy atom. The molecule has 0 amide bonds. The Balaban J connectivity index is 2.60. The van der Waals surface area contributed by atoms with E-state index in [4.69, 9.17) is 23.2 Å². The largest absolute Gasteiger partial charge is 0.219 e. The second-order valence-corrected chi connectivity index (χ2v) is 9.16. The minimum absolute atomic E-state index is 0.138.